The highest BCUT2D eigenvalue weighted by Crippen LogP contribution is 2.40. The lowest BCUT2D eigenvalue weighted by molar-refractivity contribution is 0.104. The first-order chi connectivity index (χ1) is 13.7. The Morgan fingerprint density at radius 3 is 2.86 bits per heavy atom. The summed E-state index contributed by atoms with van der Waals surface area (Å²) in [6.45, 7) is 4.10. The van der Waals surface area contributed by atoms with Crippen LogP contribution in [0.2, 0.25) is 5.02 Å². The Bertz CT molecular complexity index is 916. The Labute approximate surface area is 169 Å². The number of piperidine rings is 1. The number of nitrogens with zero attached hydrogens (tertiary/aromatic N) is 2. The van der Waals surface area contributed by atoms with E-state index in [9.17, 15) is 4.79 Å². The van der Waals surface area contributed by atoms with Crippen LogP contribution in [0.15, 0.2) is 42.1 Å². The molecule has 0 unspecified atom stereocenters. The van der Waals surface area contributed by atoms with Gasteiger partial charge >= 0.3 is 6.09 Å². The van der Waals surface area contributed by atoms with Gasteiger partial charge in [-0.2, -0.15) is 0 Å². The van der Waals surface area contributed by atoms with Crippen LogP contribution in [0.4, 0.5) is 4.79 Å². The molecule has 6 heteroatoms. The summed E-state index contributed by atoms with van der Waals surface area (Å²) in [4.78, 5) is 18.6. The minimum atomic E-state index is -0.238. The van der Waals surface area contributed by atoms with Gasteiger partial charge in [-0.05, 0) is 49.6 Å². The number of likely N-dealkylation sites (tertiary alicyclic amines) is 1. The van der Waals surface area contributed by atoms with Gasteiger partial charge in [0.25, 0.3) is 0 Å². The fourth-order valence-electron chi connectivity index (χ4n) is 3.87. The van der Waals surface area contributed by atoms with E-state index < -0.39 is 0 Å². The van der Waals surface area contributed by atoms with Crippen molar-refractivity contribution in [1.29, 1.82) is 0 Å². The van der Waals surface area contributed by atoms with E-state index in [0.717, 1.165) is 41.8 Å². The molecule has 2 aliphatic heterocycles. The van der Waals surface area contributed by atoms with E-state index in [0.29, 0.717) is 31.3 Å². The summed E-state index contributed by atoms with van der Waals surface area (Å²) in [5.41, 5.74) is 5.61. The Kier molecular flexibility index (Phi) is 5.53. The molecule has 0 spiro atoms. The normalized spacial score (nSPS) is 16.4. The van der Waals surface area contributed by atoms with Crippen molar-refractivity contribution in [3.63, 3.8) is 0 Å². The minimum absolute atomic E-state index is 0.238. The van der Waals surface area contributed by atoms with Gasteiger partial charge < -0.3 is 14.4 Å². The molecular formula is C22H23ClN2O3. The van der Waals surface area contributed by atoms with Crippen molar-refractivity contribution >= 4 is 23.3 Å². The number of carbonyl (C=O) groups is 1. The molecule has 0 radical (unpaired) electrons. The first kappa shape index (κ1) is 18.8. The number of benzene rings is 1. The van der Waals surface area contributed by atoms with Gasteiger partial charge in [-0.25, -0.2) is 4.79 Å². The van der Waals surface area contributed by atoms with E-state index in [2.05, 4.69) is 6.07 Å². The van der Waals surface area contributed by atoms with Crippen LogP contribution in [0.1, 0.15) is 36.6 Å². The Balaban J connectivity index is 1.77. The molecule has 1 amide bonds. The summed E-state index contributed by atoms with van der Waals surface area (Å²) < 4.78 is 11.2. The molecule has 5 nitrogen and oxygen atoms in total. The predicted octanol–water partition coefficient (Wildman–Crippen LogP) is 4.72. The molecule has 1 aromatic heterocycles. The molecule has 0 N–H and O–H groups in total. The second-order valence-corrected chi connectivity index (χ2v) is 7.35. The van der Waals surface area contributed by atoms with Gasteiger partial charge in [0, 0.05) is 41.9 Å². The lowest BCUT2D eigenvalue weighted by Gasteiger charge is -2.30. The zero-order valence-corrected chi connectivity index (χ0v) is 16.7. The van der Waals surface area contributed by atoms with Crippen LogP contribution in [-0.4, -0.2) is 42.3 Å². The number of carbonyl (C=O) groups excluding carboxylic acids is 1. The van der Waals surface area contributed by atoms with Crippen molar-refractivity contribution in [3.8, 4) is 5.75 Å². The zero-order valence-electron chi connectivity index (χ0n) is 15.9. The third-order valence-electron chi connectivity index (χ3n) is 5.22. The Hall–Kier alpha value is -2.53. The van der Waals surface area contributed by atoms with E-state index >= 15 is 0 Å². The van der Waals surface area contributed by atoms with Gasteiger partial charge in [0.05, 0.1) is 18.9 Å². The number of rotatable bonds is 1. The molecule has 1 fully saturated rings. The van der Waals surface area contributed by atoms with E-state index in [4.69, 9.17) is 26.1 Å². The van der Waals surface area contributed by atoms with E-state index in [-0.39, 0.29) is 6.09 Å². The molecule has 146 valence electrons. The van der Waals surface area contributed by atoms with Crippen LogP contribution >= 0.6 is 11.6 Å². The topological polar surface area (TPSA) is 51.7 Å². The number of hydrogen-bond acceptors (Lipinski definition) is 4. The van der Waals surface area contributed by atoms with E-state index in [1.54, 1.807) is 4.90 Å². The van der Waals surface area contributed by atoms with Crippen molar-refractivity contribution in [2.24, 2.45) is 0 Å². The first-order valence-electron chi connectivity index (χ1n) is 9.68. The fourth-order valence-corrected chi connectivity index (χ4v) is 4.03. The van der Waals surface area contributed by atoms with Crippen LogP contribution in [0.3, 0.4) is 0 Å². The van der Waals surface area contributed by atoms with Gasteiger partial charge in [0.1, 0.15) is 5.75 Å². The lowest BCUT2D eigenvalue weighted by Crippen LogP contribution is -2.37. The summed E-state index contributed by atoms with van der Waals surface area (Å²) in [6.07, 6.45) is 3.96. The average Bonchev–Trinajstić information content (AvgIpc) is 2.70. The van der Waals surface area contributed by atoms with Gasteiger partial charge in [-0.15, -0.1) is 0 Å². The minimum Gasteiger partial charge on any atom is -0.493 e. The summed E-state index contributed by atoms with van der Waals surface area (Å²) in [6, 6.07) is 9.86. The third-order valence-corrected chi connectivity index (χ3v) is 5.45. The summed E-state index contributed by atoms with van der Waals surface area (Å²) in [5.74, 6) is 0.791. The monoisotopic (exact) mass is 398 g/mol. The van der Waals surface area contributed by atoms with Crippen LogP contribution in [-0.2, 0) is 11.2 Å². The molecule has 0 bridgehead atoms. The first-order valence-corrected chi connectivity index (χ1v) is 10.1. The lowest BCUT2D eigenvalue weighted by atomic mass is 9.87. The predicted molar refractivity (Wildman–Crippen MR) is 109 cm³/mol. The standard InChI is InChI=1S/C22H23ClN2O3/c1-2-27-22(26)25-11-7-15(8-12-25)20-18-6-5-17(23)14-19(18)28-13-9-16-4-3-10-24-21(16)20/h3-6,10,14H,2,7-9,11-13H2,1H3. The van der Waals surface area contributed by atoms with Gasteiger partial charge in [0.15, 0.2) is 0 Å². The molecule has 28 heavy (non-hydrogen) atoms. The highest BCUT2D eigenvalue weighted by atomic mass is 35.5. The second kappa shape index (κ2) is 8.23. The quantitative estimate of drug-likeness (QED) is 0.697. The number of pyridine rings is 1. The molecule has 3 heterocycles. The van der Waals surface area contributed by atoms with Crippen LogP contribution < -0.4 is 4.74 Å². The summed E-state index contributed by atoms with van der Waals surface area (Å²) >= 11 is 6.22. The highest BCUT2D eigenvalue weighted by molar-refractivity contribution is 6.30. The summed E-state index contributed by atoms with van der Waals surface area (Å²) in [7, 11) is 0. The number of fused-ring (bicyclic) bond motifs is 2. The average molecular weight is 399 g/mol. The molecular weight excluding hydrogens is 376 g/mol. The van der Waals surface area contributed by atoms with Crippen LogP contribution in [0, 0.1) is 0 Å². The molecule has 1 aromatic carbocycles. The van der Waals surface area contributed by atoms with Crippen molar-refractivity contribution in [3.05, 3.63) is 63.9 Å². The fraction of sp³-hybridized carbons (Fsp3) is 0.364. The second-order valence-electron chi connectivity index (χ2n) is 6.91. The Morgan fingerprint density at radius 1 is 1.25 bits per heavy atom. The number of halogens is 1. The zero-order chi connectivity index (χ0) is 19.5. The number of hydrogen-bond donors (Lipinski definition) is 0. The van der Waals surface area contributed by atoms with Gasteiger partial charge in [-0.3, -0.25) is 4.98 Å². The van der Waals surface area contributed by atoms with Gasteiger partial charge in [-0.1, -0.05) is 23.2 Å². The summed E-state index contributed by atoms with van der Waals surface area (Å²) in [5, 5.41) is 0.655. The number of aromatic nitrogens is 1. The number of ether oxygens (including phenoxy) is 2. The number of amides is 1. The van der Waals surface area contributed by atoms with Crippen LogP contribution in [0.25, 0.3) is 5.57 Å². The molecule has 2 aliphatic rings. The smallest absolute Gasteiger partial charge is 0.409 e. The molecule has 2 aromatic rings. The van der Waals surface area contributed by atoms with Gasteiger partial charge in [0.2, 0.25) is 0 Å². The maximum Gasteiger partial charge on any atom is 0.409 e. The largest absolute Gasteiger partial charge is 0.493 e. The van der Waals surface area contributed by atoms with E-state index in [1.807, 2.05) is 37.4 Å². The van der Waals surface area contributed by atoms with Crippen molar-refractivity contribution < 1.29 is 14.3 Å². The maximum atomic E-state index is 12.1. The van der Waals surface area contributed by atoms with E-state index in [1.165, 1.54) is 11.1 Å². The molecule has 1 saturated heterocycles. The molecule has 0 saturated carbocycles. The highest BCUT2D eigenvalue weighted by Gasteiger charge is 2.26. The molecule has 4 rings (SSSR count). The molecule has 0 atom stereocenters. The van der Waals surface area contributed by atoms with Crippen molar-refractivity contribution in [1.82, 2.24) is 9.88 Å². The van der Waals surface area contributed by atoms with Crippen molar-refractivity contribution in [2.45, 2.75) is 26.2 Å². The third kappa shape index (κ3) is 3.72. The Morgan fingerprint density at radius 2 is 2.07 bits per heavy atom. The SMILES string of the molecule is CCOC(=O)N1CCC(=C2c3ccc(Cl)cc3OCCc3cccnc32)CC1. The van der Waals surface area contributed by atoms with Crippen molar-refractivity contribution in [2.75, 3.05) is 26.3 Å². The van der Waals surface area contributed by atoms with Crippen LogP contribution in [0.5, 0.6) is 5.75 Å². The molecule has 0 aliphatic carbocycles. The maximum absolute atomic E-state index is 12.1.